The second kappa shape index (κ2) is 9.71. The molecular formula is C43H25N3O. The third-order valence-electron chi connectivity index (χ3n) is 9.53. The van der Waals surface area contributed by atoms with Crippen molar-refractivity contribution in [2.45, 2.75) is 0 Å². The minimum atomic E-state index is 0.649. The average molecular weight is 600 g/mol. The van der Waals surface area contributed by atoms with Gasteiger partial charge in [-0.05, 0) is 90.0 Å². The summed E-state index contributed by atoms with van der Waals surface area (Å²) in [5, 5.41) is 16.6. The predicted molar refractivity (Wildman–Crippen MR) is 193 cm³/mol. The molecule has 0 fully saturated rings. The smallest absolute Gasteiger partial charge is 0.135 e. The Labute approximate surface area is 269 Å². The summed E-state index contributed by atoms with van der Waals surface area (Å²) in [6, 6.07) is 55.5. The second-order valence-corrected chi connectivity index (χ2v) is 12.1. The van der Waals surface area contributed by atoms with E-state index in [4.69, 9.17) is 4.42 Å². The second-order valence-electron chi connectivity index (χ2n) is 12.1. The molecule has 7 aromatic carbocycles. The highest BCUT2D eigenvalue weighted by atomic mass is 16.3. The van der Waals surface area contributed by atoms with E-state index in [9.17, 15) is 5.26 Å². The standard InChI is InChI=1S/C43H25N3O/c44-26-27-8-7-9-30(22-27)45-38-13-4-1-10-32(38)35-23-28(16-19-40(35)45)29-17-20-41-36(24-29)33-11-2-5-14-39(33)46(41)31-18-21-43-37(25-31)34-12-3-6-15-42(34)47-43/h1-25H. The third-order valence-corrected chi connectivity index (χ3v) is 9.53. The van der Waals surface area contributed by atoms with Crippen molar-refractivity contribution in [2.75, 3.05) is 0 Å². The van der Waals surface area contributed by atoms with Gasteiger partial charge in [-0.25, -0.2) is 0 Å². The molecule has 0 N–H and O–H groups in total. The van der Waals surface area contributed by atoms with Crippen LogP contribution >= 0.6 is 0 Å². The van der Waals surface area contributed by atoms with Crippen molar-refractivity contribution in [1.29, 1.82) is 5.26 Å². The molecule has 4 heteroatoms. The van der Waals surface area contributed by atoms with E-state index < -0.39 is 0 Å². The van der Waals surface area contributed by atoms with E-state index in [2.05, 4.69) is 137 Å². The van der Waals surface area contributed by atoms with Crippen LogP contribution < -0.4 is 0 Å². The summed E-state index contributed by atoms with van der Waals surface area (Å²) in [6.07, 6.45) is 0. The van der Waals surface area contributed by atoms with Gasteiger partial charge in [-0.2, -0.15) is 5.26 Å². The van der Waals surface area contributed by atoms with Gasteiger partial charge in [-0.1, -0.05) is 72.8 Å². The molecular weight excluding hydrogens is 574 g/mol. The van der Waals surface area contributed by atoms with E-state index in [1.54, 1.807) is 0 Å². The van der Waals surface area contributed by atoms with E-state index in [0.717, 1.165) is 55.4 Å². The molecule has 4 nitrogen and oxygen atoms in total. The molecule has 0 bridgehead atoms. The lowest BCUT2D eigenvalue weighted by molar-refractivity contribution is 0.669. The SMILES string of the molecule is N#Cc1cccc(-n2c3ccccc3c3cc(-c4ccc5c(c4)c4ccccc4n5-c4ccc5oc6ccccc6c5c4)ccc32)c1. The molecule has 0 unspecified atom stereocenters. The molecule has 218 valence electrons. The van der Waals surface area contributed by atoms with E-state index in [-0.39, 0.29) is 0 Å². The molecule has 0 amide bonds. The molecule has 3 aromatic heterocycles. The van der Waals surface area contributed by atoms with Crippen molar-refractivity contribution in [2.24, 2.45) is 0 Å². The lowest BCUT2D eigenvalue weighted by Crippen LogP contribution is -1.94. The number of benzene rings is 7. The Balaban J connectivity index is 1.17. The Morgan fingerprint density at radius 1 is 0.404 bits per heavy atom. The van der Waals surface area contributed by atoms with Gasteiger partial charge in [0.2, 0.25) is 0 Å². The van der Waals surface area contributed by atoms with Crippen LogP contribution in [0, 0.1) is 11.3 Å². The Kier molecular flexibility index (Phi) is 5.32. The van der Waals surface area contributed by atoms with Crippen LogP contribution in [0.25, 0.3) is 88.1 Å². The summed E-state index contributed by atoms with van der Waals surface area (Å²) < 4.78 is 10.8. The Hall–Kier alpha value is -6.57. The molecule has 0 spiro atoms. The van der Waals surface area contributed by atoms with Crippen molar-refractivity contribution < 1.29 is 4.42 Å². The maximum absolute atomic E-state index is 9.56. The van der Waals surface area contributed by atoms with Crippen LogP contribution in [0.4, 0.5) is 0 Å². The van der Waals surface area contributed by atoms with Crippen LogP contribution in [0.2, 0.25) is 0 Å². The first-order chi connectivity index (χ1) is 23.2. The third kappa shape index (κ3) is 3.75. The van der Waals surface area contributed by atoms with Gasteiger partial charge in [0.15, 0.2) is 0 Å². The molecule has 3 heterocycles. The first kappa shape index (κ1) is 25.7. The van der Waals surface area contributed by atoms with Crippen LogP contribution in [0.3, 0.4) is 0 Å². The van der Waals surface area contributed by atoms with Gasteiger partial charge in [-0.3, -0.25) is 0 Å². The van der Waals surface area contributed by atoms with Crippen LogP contribution in [0.1, 0.15) is 5.56 Å². The summed E-state index contributed by atoms with van der Waals surface area (Å²) in [6.45, 7) is 0. The molecule has 0 saturated carbocycles. The number of nitrogens with zero attached hydrogens (tertiary/aromatic N) is 3. The Morgan fingerprint density at radius 2 is 0.957 bits per heavy atom. The summed E-state index contributed by atoms with van der Waals surface area (Å²) >= 11 is 0. The largest absolute Gasteiger partial charge is 0.456 e. The highest BCUT2D eigenvalue weighted by molar-refractivity contribution is 6.13. The number of hydrogen-bond donors (Lipinski definition) is 0. The van der Waals surface area contributed by atoms with Crippen LogP contribution in [-0.2, 0) is 0 Å². The van der Waals surface area contributed by atoms with Gasteiger partial charge in [0.25, 0.3) is 0 Å². The molecule has 10 rings (SSSR count). The Morgan fingerprint density at radius 3 is 1.62 bits per heavy atom. The molecule has 0 saturated heterocycles. The minimum Gasteiger partial charge on any atom is -0.456 e. The zero-order valence-electron chi connectivity index (χ0n) is 25.2. The molecule has 10 aromatic rings. The van der Waals surface area contributed by atoms with Crippen molar-refractivity contribution in [3.63, 3.8) is 0 Å². The molecule has 47 heavy (non-hydrogen) atoms. The van der Waals surface area contributed by atoms with Crippen LogP contribution in [-0.4, -0.2) is 9.13 Å². The highest BCUT2D eigenvalue weighted by Gasteiger charge is 2.17. The summed E-state index contributed by atoms with van der Waals surface area (Å²) in [5.41, 5.74) is 11.4. The number of furan rings is 1. The summed E-state index contributed by atoms with van der Waals surface area (Å²) in [5.74, 6) is 0. The number of hydrogen-bond acceptors (Lipinski definition) is 2. The maximum Gasteiger partial charge on any atom is 0.135 e. The first-order valence-electron chi connectivity index (χ1n) is 15.7. The molecule has 0 atom stereocenters. The number of fused-ring (bicyclic) bond motifs is 9. The van der Waals surface area contributed by atoms with Crippen molar-refractivity contribution >= 4 is 65.6 Å². The van der Waals surface area contributed by atoms with Gasteiger partial charge in [0, 0.05) is 43.7 Å². The fourth-order valence-corrected chi connectivity index (χ4v) is 7.43. The van der Waals surface area contributed by atoms with Gasteiger partial charge < -0.3 is 13.6 Å². The van der Waals surface area contributed by atoms with E-state index in [1.807, 2.05) is 30.3 Å². The number of para-hydroxylation sites is 3. The minimum absolute atomic E-state index is 0.649. The molecule has 0 radical (unpaired) electrons. The Bertz CT molecular complexity index is 2930. The molecule has 0 aliphatic heterocycles. The van der Waals surface area contributed by atoms with E-state index in [0.29, 0.717) is 5.56 Å². The van der Waals surface area contributed by atoms with E-state index in [1.165, 1.54) is 32.6 Å². The zero-order chi connectivity index (χ0) is 31.1. The van der Waals surface area contributed by atoms with E-state index >= 15 is 0 Å². The quantitative estimate of drug-likeness (QED) is 0.203. The van der Waals surface area contributed by atoms with Crippen LogP contribution in [0.15, 0.2) is 156 Å². The van der Waals surface area contributed by atoms with Gasteiger partial charge in [0.05, 0.1) is 33.7 Å². The summed E-state index contributed by atoms with van der Waals surface area (Å²) in [7, 11) is 0. The normalized spacial score (nSPS) is 11.8. The first-order valence-corrected chi connectivity index (χ1v) is 15.7. The predicted octanol–water partition coefficient (Wildman–Crippen LogP) is 11.3. The molecule has 0 aliphatic carbocycles. The van der Waals surface area contributed by atoms with Crippen molar-refractivity contribution in [1.82, 2.24) is 9.13 Å². The topological polar surface area (TPSA) is 46.8 Å². The number of rotatable bonds is 3. The van der Waals surface area contributed by atoms with Crippen LogP contribution in [0.5, 0.6) is 0 Å². The van der Waals surface area contributed by atoms with Gasteiger partial charge in [-0.15, -0.1) is 0 Å². The van der Waals surface area contributed by atoms with Gasteiger partial charge >= 0.3 is 0 Å². The van der Waals surface area contributed by atoms with Crippen molar-refractivity contribution in [3.05, 3.63) is 157 Å². The fraction of sp³-hybridized carbons (Fsp3) is 0. The maximum atomic E-state index is 9.56. The van der Waals surface area contributed by atoms with Gasteiger partial charge in [0.1, 0.15) is 11.2 Å². The monoisotopic (exact) mass is 599 g/mol. The zero-order valence-corrected chi connectivity index (χ0v) is 25.2. The number of aromatic nitrogens is 2. The lowest BCUT2D eigenvalue weighted by Gasteiger charge is -2.10. The van der Waals surface area contributed by atoms with Crippen molar-refractivity contribution in [3.8, 4) is 28.6 Å². The highest BCUT2D eigenvalue weighted by Crippen LogP contribution is 2.39. The number of nitriles is 1. The summed E-state index contributed by atoms with van der Waals surface area (Å²) in [4.78, 5) is 0. The fourth-order valence-electron chi connectivity index (χ4n) is 7.43. The lowest BCUT2D eigenvalue weighted by atomic mass is 10.0. The molecule has 0 aliphatic rings. The average Bonchev–Trinajstić information content (AvgIpc) is 3.78.